The largest absolute Gasteiger partial charge is 0.198 e. The van der Waals surface area contributed by atoms with Crippen LogP contribution in [0.2, 0.25) is 0 Å². The Morgan fingerprint density at radius 3 is 2.38 bits per heavy atom. The fraction of sp³-hybridized carbons (Fsp3) is 0.250. The molecule has 0 aliphatic heterocycles. The van der Waals surface area contributed by atoms with E-state index in [1.165, 1.54) is 6.08 Å². The van der Waals surface area contributed by atoms with E-state index < -0.39 is 11.3 Å². The first-order chi connectivity index (χ1) is 6.11. The molecule has 5 heteroatoms. The van der Waals surface area contributed by atoms with Crippen LogP contribution in [0, 0.1) is 28.6 Å². The van der Waals surface area contributed by atoms with E-state index >= 15 is 0 Å². The van der Waals surface area contributed by atoms with Crippen molar-refractivity contribution in [2.75, 3.05) is 0 Å². The highest BCUT2D eigenvalue weighted by Gasteiger charge is 2.31. The second kappa shape index (κ2) is 4.03. The summed E-state index contributed by atoms with van der Waals surface area (Å²) in [6.07, 6.45) is 1.38. The lowest BCUT2D eigenvalue weighted by Gasteiger charge is -2.19. The minimum absolute atomic E-state index is 0.197. The Balaban J connectivity index is 3.19. The summed E-state index contributed by atoms with van der Waals surface area (Å²) in [5.41, 5.74) is 0.266. The predicted molar refractivity (Wildman–Crippen MR) is 51.2 cm³/mol. The van der Waals surface area contributed by atoms with Gasteiger partial charge in [0, 0.05) is 0 Å². The second-order valence-corrected chi connectivity index (χ2v) is 3.70. The van der Waals surface area contributed by atoms with Crippen LogP contribution in [0.3, 0.4) is 0 Å². The van der Waals surface area contributed by atoms with Crippen LogP contribution < -0.4 is 0 Å². The summed E-state index contributed by atoms with van der Waals surface area (Å²) in [5, 5.41) is 17.1. The summed E-state index contributed by atoms with van der Waals surface area (Å²) < 4.78 is 0. The molecule has 0 amide bonds. The second-order valence-electron chi connectivity index (χ2n) is 2.42. The van der Waals surface area contributed by atoms with Crippen LogP contribution in [0.4, 0.5) is 0 Å². The van der Waals surface area contributed by atoms with E-state index in [2.05, 4.69) is 0 Å². The van der Waals surface area contributed by atoms with Gasteiger partial charge in [-0.05, 0) is 6.08 Å². The Labute approximate surface area is 90.6 Å². The third kappa shape index (κ3) is 1.81. The van der Waals surface area contributed by atoms with Crippen LogP contribution in [0.5, 0.6) is 0 Å². The first-order valence-electron chi connectivity index (χ1n) is 3.32. The zero-order chi connectivity index (χ0) is 10.0. The molecule has 0 heterocycles. The number of hydrogen-bond acceptors (Lipinski definition) is 2. The van der Waals surface area contributed by atoms with E-state index in [0.717, 1.165) is 0 Å². The van der Waals surface area contributed by atoms with Crippen molar-refractivity contribution < 1.29 is 0 Å². The van der Waals surface area contributed by atoms with E-state index in [0.29, 0.717) is 0 Å². The minimum atomic E-state index is -0.726. The molecule has 0 saturated carbocycles. The van der Waals surface area contributed by atoms with E-state index in [-0.39, 0.29) is 15.6 Å². The third-order valence-corrected chi connectivity index (χ3v) is 2.98. The van der Waals surface area contributed by atoms with Crippen LogP contribution in [-0.2, 0) is 0 Å². The van der Waals surface area contributed by atoms with Crippen molar-refractivity contribution in [2.24, 2.45) is 5.92 Å². The van der Waals surface area contributed by atoms with Crippen LogP contribution >= 0.6 is 34.8 Å². The normalized spacial score (nSPS) is 27.6. The lowest BCUT2D eigenvalue weighted by Crippen LogP contribution is -2.19. The van der Waals surface area contributed by atoms with E-state index in [1.807, 2.05) is 12.1 Å². The molecule has 0 spiro atoms. The zero-order valence-corrected chi connectivity index (χ0v) is 8.53. The summed E-state index contributed by atoms with van der Waals surface area (Å²) in [6, 6.07) is 3.77. The summed E-state index contributed by atoms with van der Waals surface area (Å²) in [7, 11) is 0. The Morgan fingerprint density at radius 2 is 1.92 bits per heavy atom. The van der Waals surface area contributed by atoms with Gasteiger partial charge in [-0.1, -0.05) is 23.2 Å². The number of alkyl halides is 1. The van der Waals surface area contributed by atoms with Gasteiger partial charge >= 0.3 is 0 Å². The highest BCUT2D eigenvalue weighted by atomic mass is 35.5. The molecule has 2 atom stereocenters. The van der Waals surface area contributed by atoms with Gasteiger partial charge in [0.15, 0.2) is 0 Å². The Hall–Kier alpha value is -0.670. The summed E-state index contributed by atoms with van der Waals surface area (Å²) in [5.74, 6) is -0.726. The van der Waals surface area contributed by atoms with Crippen molar-refractivity contribution in [3.05, 3.63) is 21.7 Å². The number of rotatable bonds is 0. The van der Waals surface area contributed by atoms with Gasteiger partial charge < -0.3 is 0 Å². The van der Waals surface area contributed by atoms with Crippen molar-refractivity contribution in [3.8, 4) is 12.1 Å². The van der Waals surface area contributed by atoms with Crippen molar-refractivity contribution in [1.29, 1.82) is 10.5 Å². The van der Waals surface area contributed by atoms with Crippen LogP contribution in [0.25, 0.3) is 0 Å². The van der Waals surface area contributed by atoms with E-state index in [9.17, 15) is 0 Å². The van der Waals surface area contributed by atoms with Crippen molar-refractivity contribution in [2.45, 2.75) is 5.38 Å². The molecule has 0 N–H and O–H groups in total. The van der Waals surface area contributed by atoms with Crippen molar-refractivity contribution >= 4 is 34.8 Å². The lowest BCUT2D eigenvalue weighted by molar-refractivity contribution is 0.804. The molecular formula is C8H3Cl3N2. The minimum Gasteiger partial charge on any atom is -0.198 e. The van der Waals surface area contributed by atoms with Crippen LogP contribution in [0.15, 0.2) is 21.7 Å². The molecule has 0 aromatic heterocycles. The van der Waals surface area contributed by atoms with Crippen LogP contribution in [-0.4, -0.2) is 5.38 Å². The Bertz CT molecular complexity index is 370. The van der Waals surface area contributed by atoms with Crippen LogP contribution in [0.1, 0.15) is 0 Å². The highest BCUT2D eigenvalue weighted by Crippen LogP contribution is 2.36. The molecule has 66 valence electrons. The third-order valence-electron chi connectivity index (χ3n) is 1.64. The quantitative estimate of drug-likeness (QED) is 0.604. The first-order valence-corrected chi connectivity index (χ1v) is 4.51. The molecule has 1 rings (SSSR count). The molecule has 0 bridgehead atoms. The first kappa shape index (κ1) is 10.4. The van der Waals surface area contributed by atoms with E-state index in [4.69, 9.17) is 45.3 Å². The van der Waals surface area contributed by atoms with E-state index in [1.54, 1.807) is 0 Å². The van der Waals surface area contributed by atoms with Gasteiger partial charge in [0.2, 0.25) is 0 Å². The Kier molecular flexibility index (Phi) is 3.22. The molecule has 2 unspecified atom stereocenters. The number of hydrogen-bond donors (Lipinski definition) is 0. The molecule has 0 saturated heterocycles. The predicted octanol–water partition coefficient (Wildman–Crippen LogP) is 2.89. The van der Waals surface area contributed by atoms with Gasteiger partial charge in [0.05, 0.1) is 33.2 Å². The van der Waals surface area contributed by atoms with Gasteiger partial charge in [0.1, 0.15) is 5.92 Å². The average Bonchev–Trinajstić information content (AvgIpc) is 2.12. The smallest absolute Gasteiger partial charge is 0.105 e. The fourth-order valence-electron chi connectivity index (χ4n) is 0.958. The fourth-order valence-corrected chi connectivity index (χ4v) is 1.78. The highest BCUT2D eigenvalue weighted by molar-refractivity contribution is 6.41. The molecule has 13 heavy (non-hydrogen) atoms. The van der Waals surface area contributed by atoms with Crippen molar-refractivity contribution in [1.82, 2.24) is 0 Å². The topological polar surface area (TPSA) is 47.6 Å². The summed E-state index contributed by atoms with van der Waals surface area (Å²) >= 11 is 17.2. The molecule has 2 nitrogen and oxygen atoms in total. The van der Waals surface area contributed by atoms with Gasteiger partial charge in [-0.3, -0.25) is 0 Å². The molecule has 1 aliphatic carbocycles. The maximum atomic E-state index is 8.71. The number of allylic oxidation sites excluding steroid dienone is 4. The number of nitriles is 2. The molecule has 0 radical (unpaired) electrons. The molecule has 0 aromatic carbocycles. The van der Waals surface area contributed by atoms with Gasteiger partial charge in [-0.15, -0.1) is 11.6 Å². The molecule has 0 fully saturated rings. The molecule has 1 aliphatic rings. The summed E-state index contributed by atoms with van der Waals surface area (Å²) in [4.78, 5) is 0. The van der Waals surface area contributed by atoms with Crippen molar-refractivity contribution in [3.63, 3.8) is 0 Å². The molecule has 0 aromatic rings. The van der Waals surface area contributed by atoms with Gasteiger partial charge in [-0.25, -0.2) is 0 Å². The average molecular weight is 233 g/mol. The SMILES string of the molecule is N#CC1=CC(Cl)=C(Cl)C(C#N)C1Cl. The number of halogens is 3. The maximum Gasteiger partial charge on any atom is 0.105 e. The monoisotopic (exact) mass is 232 g/mol. The van der Waals surface area contributed by atoms with Gasteiger partial charge in [0.25, 0.3) is 0 Å². The Morgan fingerprint density at radius 1 is 1.31 bits per heavy atom. The zero-order valence-electron chi connectivity index (χ0n) is 6.26. The number of nitrogens with zero attached hydrogens (tertiary/aromatic N) is 2. The van der Waals surface area contributed by atoms with Gasteiger partial charge in [-0.2, -0.15) is 10.5 Å². The summed E-state index contributed by atoms with van der Waals surface area (Å²) in [6.45, 7) is 0. The molecular weight excluding hydrogens is 230 g/mol. The maximum absolute atomic E-state index is 8.71. The lowest BCUT2D eigenvalue weighted by atomic mass is 9.95. The standard InChI is InChI=1S/C8H3Cl3N2/c9-6-1-4(2-12)7(10)5(3-13)8(6)11/h1,5,7H.